The van der Waals surface area contributed by atoms with Crippen molar-refractivity contribution in [3.05, 3.63) is 21.3 Å². The van der Waals surface area contributed by atoms with E-state index in [1.54, 1.807) is 11.3 Å². The van der Waals surface area contributed by atoms with Gasteiger partial charge < -0.3 is 10.1 Å². The molecule has 1 aromatic rings. The van der Waals surface area contributed by atoms with Crippen molar-refractivity contribution in [2.75, 3.05) is 13.2 Å². The average Bonchev–Trinajstić information content (AvgIpc) is 2.63. The maximum atomic E-state index is 5.87. The summed E-state index contributed by atoms with van der Waals surface area (Å²) in [6.45, 7) is 4.83. The standard InChI is InChI=1S/C11H16ClNOS/c1-11(3-2-4-14-8-11)13-6-10-5-9(12)7-15-10/h5,7,13H,2-4,6,8H2,1H3. The third-order valence-electron chi connectivity index (χ3n) is 2.75. The Balaban J connectivity index is 1.86. The fraction of sp³-hybridized carbons (Fsp3) is 0.636. The van der Waals surface area contributed by atoms with Gasteiger partial charge in [-0.1, -0.05) is 11.6 Å². The average molecular weight is 246 g/mol. The van der Waals surface area contributed by atoms with Crippen LogP contribution in [0, 0.1) is 0 Å². The van der Waals surface area contributed by atoms with Gasteiger partial charge in [0.25, 0.3) is 0 Å². The normalized spacial score (nSPS) is 26.8. The van der Waals surface area contributed by atoms with E-state index < -0.39 is 0 Å². The van der Waals surface area contributed by atoms with Gasteiger partial charge in [-0.05, 0) is 25.8 Å². The van der Waals surface area contributed by atoms with Crippen molar-refractivity contribution in [1.82, 2.24) is 5.32 Å². The predicted molar refractivity (Wildman–Crippen MR) is 64.6 cm³/mol. The van der Waals surface area contributed by atoms with Crippen molar-refractivity contribution in [2.45, 2.75) is 31.8 Å². The van der Waals surface area contributed by atoms with Crippen LogP contribution in [0.4, 0.5) is 0 Å². The third kappa shape index (κ3) is 3.18. The number of thiophene rings is 1. The van der Waals surface area contributed by atoms with Crippen LogP contribution in [0.2, 0.25) is 5.02 Å². The van der Waals surface area contributed by atoms with Gasteiger partial charge >= 0.3 is 0 Å². The first kappa shape index (κ1) is 11.4. The minimum absolute atomic E-state index is 0.134. The molecule has 15 heavy (non-hydrogen) atoms. The molecule has 1 aliphatic heterocycles. The molecule has 0 amide bonds. The first-order chi connectivity index (χ1) is 7.18. The van der Waals surface area contributed by atoms with Crippen LogP contribution < -0.4 is 5.32 Å². The van der Waals surface area contributed by atoms with Crippen molar-refractivity contribution in [1.29, 1.82) is 0 Å². The van der Waals surface area contributed by atoms with Crippen LogP contribution in [0.1, 0.15) is 24.6 Å². The summed E-state index contributed by atoms with van der Waals surface area (Å²) in [5.41, 5.74) is 0.134. The Morgan fingerprint density at radius 3 is 3.13 bits per heavy atom. The van der Waals surface area contributed by atoms with Gasteiger partial charge in [-0.3, -0.25) is 0 Å². The van der Waals surface area contributed by atoms with Gasteiger partial charge in [-0.25, -0.2) is 0 Å². The number of hydrogen-bond donors (Lipinski definition) is 1. The van der Waals surface area contributed by atoms with E-state index >= 15 is 0 Å². The summed E-state index contributed by atoms with van der Waals surface area (Å²) in [6, 6.07) is 2.02. The summed E-state index contributed by atoms with van der Waals surface area (Å²) in [5.74, 6) is 0. The van der Waals surface area contributed by atoms with Gasteiger partial charge in [0.2, 0.25) is 0 Å². The first-order valence-corrected chi connectivity index (χ1v) is 6.49. The minimum Gasteiger partial charge on any atom is -0.380 e. The van der Waals surface area contributed by atoms with Crippen molar-refractivity contribution < 1.29 is 4.74 Å². The number of halogens is 1. The zero-order chi connectivity index (χ0) is 10.7. The molecule has 4 heteroatoms. The molecule has 0 bridgehead atoms. The maximum absolute atomic E-state index is 5.87. The van der Waals surface area contributed by atoms with Gasteiger partial charge in [-0.15, -0.1) is 11.3 Å². The molecule has 1 unspecified atom stereocenters. The maximum Gasteiger partial charge on any atom is 0.0645 e. The largest absolute Gasteiger partial charge is 0.380 e. The molecule has 1 atom stereocenters. The monoisotopic (exact) mass is 245 g/mol. The Labute approximate surface area is 99.6 Å². The van der Waals surface area contributed by atoms with Crippen molar-refractivity contribution in [2.24, 2.45) is 0 Å². The molecule has 0 spiro atoms. The van der Waals surface area contributed by atoms with E-state index in [1.807, 2.05) is 11.4 Å². The van der Waals surface area contributed by atoms with E-state index in [-0.39, 0.29) is 5.54 Å². The third-order valence-corrected chi connectivity index (χ3v) is 4.03. The molecule has 0 saturated carbocycles. The quantitative estimate of drug-likeness (QED) is 0.884. The van der Waals surface area contributed by atoms with Crippen LogP contribution >= 0.6 is 22.9 Å². The smallest absolute Gasteiger partial charge is 0.0645 e. The molecule has 1 aromatic heterocycles. The van der Waals surface area contributed by atoms with Crippen molar-refractivity contribution in [3.8, 4) is 0 Å². The van der Waals surface area contributed by atoms with E-state index in [9.17, 15) is 0 Å². The van der Waals surface area contributed by atoms with Crippen LogP contribution in [0.5, 0.6) is 0 Å². The highest BCUT2D eigenvalue weighted by atomic mass is 35.5. The number of ether oxygens (including phenoxy) is 1. The highest BCUT2D eigenvalue weighted by molar-refractivity contribution is 7.10. The summed E-state index contributed by atoms with van der Waals surface area (Å²) in [7, 11) is 0. The van der Waals surface area contributed by atoms with E-state index in [0.717, 1.165) is 31.2 Å². The van der Waals surface area contributed by atoms with Crippen LogP contribution in [0.3, 0.4) is 0 Å². The van der Waals surface area contributed by atoms with E-state index in [0.29, 0.717) is 0 Å². The molecular weight excluding hydrogens is 230 g/mol. The van der Waals surface area contributed by atoms with Crippen molar-refractivity contribution in [3.63, 3.8) is 0 Å². The molecule has 2 nitrogen and oxygen atoms in total. The van der Waals surface area contributed by atoms with Gasteiger partial charge in [0.15, 0.2) is 0 Å². The summed E-state index contributed by atoms with van der Waals surface area (Å²) in [6.07, 6.45) is 2.33. The lowest BCUT2D eigenvalue weighted by molar-refractivity contribution is 0.0279. The minimum atomic E-state index is 0.134. The Morgan fingerprint density at radius 2 is 2.53 bits per heavy atom. The first-order valence-electron chi connectivity index (χ1n) is 5.24. The van der Waals surface area contributed by atoms with E-state index in [1.165, 1.54) is 11.3 Å². The van der Waals surface area contributed by atoms with E-state index in [4.69, 9.17) is 16.3 Å². The van der Waals surface area contributed by atoms with Crippen LogP contribution in [-0.2, 0) is 11.3 Å². The van der Waals surface area contributed by atoms with Crippen molar-refractivity contribution >= 4 is 22.9 Å². The lowest BCUT2D eigenvalue weighted by Crippen LogP contribution is -2.48. The number of nitrogens with one attached hydrogen (secondary N) is 1. The topological polar surface area (TPSA) is 21.3 Å². The molecule has 0 aromatic carbocycles. The number of rotatable bonds is 3. The SMILES string of the molecule is CC1(NCc2cc(Cl)cs2)CCCOC1. The fourth-order valence-electron chi connectivity index (χ4n) is 1.82. The van der Waals surface area contributed by atoms with Crippen LogP contribution in [0.25, 0.3) is 0 Å². The van der Waals surface area contributed by atoms with Gasteiger partial charge in [0, 0.05) is 28.9 Å². The second-order valence-electron chi connectivity index (χ2n) is 4.30. The summed E-state index contributed by atoms with van der Waals surface area (Å²) in [4.78, 5) is 1.28. The highest BCUT2D eigenvalue weighted by Crippen LogP contribution is 2.22. The van der Waals surface area contributed by atoms with Crippen LogP contribution in [-0.4, -0.2) is 18.8 Å². The summed E-state index contributed by atoms with van der Waals surface area (Å²) < 4.78 is 5.49. The Kier molecular flexibility index (Phi) is 3.67. The molecule has 1 N–H and O–H groups in total. The Bertz CT molecular complexity index is 320. The van der Waals surface area contributed by atoms with Gasteiger partial charge in [0.05, 0.1) is 11.6 Å². The van der Waals surface area contributed by atoms with Gasteiger partial charge in [0.1, 0.15) is 0 Å². The Hall–Kier alpha value is -0.0900. The lowest BCUT2D eigenvalue weighted by Gasteiger charge is -2.34. The molecule has 2 heterocycles. The summed E-state index contributed by atoms with van der Waals surface area (Å²) in [5, 5.41) is 6.36. The predicted octanol–water partition coefficient (Wildman–Crippen LogP) is 3.06. The Morgan fingerprint density at radius 1 is 1.67 bits per heavy atom. The zero-order valence-electron chi connectivity index (χ0n) is 8.88. The molecule has 1 aliphatic rings. The molecule has 84 valence electrons. The molecule has 0 radical (unpaired) electrons. The zero-order valence-corrected chi connectivity index (χ0v) is 10.5. The fourth-order valence-corrected chi connectivity index (χ4v) is 2.83. The number of hydrogen-bond acceptors (Lipinski definition) is 3. The molecule has 2 rings (SSSR count). The van der Waals surface area contributed by atoms with Gasteiger partial charge in [-0.2, -0.15) is 0 Å². The summed E-state index contributed by atoms with van der Waals surface area (Å²) >= 11 is 7.58. The molecular formula is C11H16ClNOS. The second-order valence-corrected chi connectivity index (χ2v) is 5.73. The van der Waals surface area contributed by atoms with E-state index in [2.05, 4.69) is 12.2 Å². The lowest BCUT2D eigenvalue weighted by atomic mass is 9.95. The highest BCUT2D eigenvalue weighted by Gasteiger charge is 2.26. The molecule has 1 fully saturated rings. The second kappa shape index (κ2) is 4.83. The van der Waals surface area contributed by atoms with Crippen LogP contribution in [0.15, 0.2) is 11.4 Å². The molecule has 0 aliphatic carbocycles. The molecule has 1 saturated heterocycles.